The lowest BCUT2D eigenvalue weighted by Crippen LogP contribution is -2.45. The minimum atomic E-state index is 0.637. The Hall–Kier alpha value is -0.310. The number of hydrogen-bond acceptors (Lipinski definition) is 1. The molecule has 0 aromatic rings. The summed E-state index contributed by atoms with van der Waals surface area (Å²) >= 11 is 5.50. The zero-order valence-electron chi connectivity index (χ0n) is 10.8. The summed E-state index contributed by atoms with van der Waals surface area (Å²) in [6, 6.07) is 0.637. The lowest BCUT2D eigenvalue weighted by atomic mass is 9.96. The van der Waals surface area contributed by atoms with Gasteiger partial charge in [0.25, 0.3) is 0 Å². The molecule has 0 amide bonds. The molecule has 1 rings (SSSR count). The van der Waals surface area contributed by atoms with Crippen LogP contribution in [0.5, 0.6) is 0 Å². The highest BCUT2D eigenvalue weighted by Crippen LogP contribution is 2.17. The Balaban J connectivity index is 2.34. The first-order chi connectivity index (χ1) is 7.77. The van der Waals surface area contributed by atoms with Crippen LogP contribution in [0.15, 0.2) is 0 Å². The highest BCUT2D eigenvalue weighted by atomic mass is 32.1. The van der Waals surface area contributed by atoms with E-state index in [9.17, 15) is 0 Å². The van der Waals surface area contributed by atoms with Crippen molar-refractivity contribution in [2.75, 3.05) is 13.1 Å². The van der Waals surface area contributed by atoms with Crippen molar-refractivity contribution in [3.63, 3.8) is 0 Å². The summed E-state index contributed by atoms with van der Waals surface area (Å²) in [5, 5.41) is 4.53. The summed E-state index contributed by atoms with van der Waals surface area (Å²) in [7, 11) is 0. The van der Waals surface area contributed by atoms with Crippen molar-refractivity contribution in [1.82, 2.24) is 10.2 Å². The molecule has 0 heterocycles. The molecule has 0 aromatic carbocycles. The van der Waals surface area contributed by atoms with E-state index in [1.165, 1.54) is 44.9 Å². The highest BCUT2D eigenvalue weighted by molar-refractivity contribution is 7.80. The van der Waals surface area contributed by atoms with E-state index in [1.807, 2.05) is 0 Å². The molecule has 0 atom stereocenters. The van der Waals surface area contributed by atoms with Gasteiger partial charge in [0, 0.05) is 19.1 Å². The van der Waals surface area contributed by atoms with Gasteiger partial charge in [-0.2, -0.15) is 0 Å². The molecule has 0 spiro atoms. The molecule has 3 heteroatoms. The van der Waals surface area contributed by atoms with Crippen LogP contribution in [0.25, 0.3) is 0 Å². The predicted molar refractivity (Wildman–Crippen MR) is 74.8 cm³/mol. The first-order valence-electron chi connectivity index (χ1n) is 6.83. The number of thiocarbonyl (C=S) groups is 1. The minimum absolute atomic E-state index is 0.637. The van der Waals surface area contributed by atoms with Crippen molar-refractivity contribution in [2.24, 2.45) is 0 Å². The van der Waals surface area contributed by atoms with E-state index in [2.05, 4.69) is 24.1 Å². The standard InChI is InChI=1S/C13H26N2S/c1-3-10-15(11-4-2)13(16)14-12-8-6-5-7-9-12/h12H,3-11H2,1-2H3,(H,14,16). The molecule has 0 bridgehead atoms. The maximum Gasteiger partial charge on any atom is 0.169 e. The zero-order chi connectivity index (χ0) is 11.8. The average Bonchev–Trinajstić information content (AvgIpc) is 2.30. The van der Waals surface area contributed by atoms with Crippen molar-refractivity contribution in [3.05, 3.63) is 0 Å². The Labute approximate surface area is 106 Å². The predicted octanol–water partition coefficient (Wildman–Crippen LogP) is 3.32. The molecule has 0 aromatic heterocycles. The van der Waals surface area contributed by atoms with Crippen molar-refractivity contribution >= 4 is 17.3 Å². The van der Waals surface area contributed by atoms with E-state index in [1.54, 1.807) is 0 Å². The third-order valence-corrected chi connectivity index (χ3v) is 3.58. The smallest absolute Gasteiger partial charge is 0.169 e. The molecular weight excluding hydrogens is 216 g/mol. The van der Waals surface area contributed by atoms with Gasteiger partial charge in [0.05, 0.1) is 0 Å². The molecule has 1 aliphatic carbocycles. The average molecular weight is 242 g/mol. The zero-order valence-corrected chi connectivity index (χ0v) is 11.6. The van der Waals surface area contributed by atoms with Crippen molar-refractivity contribution in [3.8, 4) is 0 Å². The fraction of sp³-hybridized carbons (Fsp3) is 0.923. The Morgan fingerprint density at radius 3 is 2.19 bits per heavy atom. The van der Waals surface area contributed by atoms with E-state index in [0.717, 1.165) is 18.2 Å². The minimum Gasteiger partial charge on any atom is -0.360 e. The van der Waals surface area contributed by atoms with Gasteiger partial charge in [-0.1, -0.05) is 33.1 Å². The van der Waals surface area contributed by atoms with E-state index < -0.39 is 0 Å². The van der Waals surface area contributed by atoms with Gasteiger partial charge in [0.15, 0.2) is 5.11 Å². The summed E-state index contributed by atoms with van der Waals surface area (Å²) in [4.78, 5) is 2.32. The SMILES string of the molecule is CCCN(CCC)C(=S)NC1CCCCC1. The van der Waals surface area contributed by atoms with Crippen molar-refractivity contribution in [1.29, 1.82) is 0 Å². The van der Waals surface area contributed by atoms with Gasteiger partial charge in [-0.05, 0) is 37.9 Å². The third-order valence-electron chi connectivity index (χ3n) is 3.21. The third kappa shape index (κ3) is 4.69. The van der Waals surface area contributed by atoms with Gasteiger partial charge in [0.1, 0.15) is 0 Å². The molecule has 94 valence electrons. The monoisotopic (exact) mass is 242 g/mol. The lowest BCUT2D eigenvalue weighted by molar-refractivity contribution is 0.370. The Morgan fingerprint density at radius 1 is 1.12 bits per heavy atom. The molecule has 1 saturated carbocycles. The van der Waals surface area contributed by atoms with Crippen LogP contribution in [0.4, 0.5) is 0 Å². The lowest BCUT2D eigenvalue weighted by Gasteiger charge is -2.30. The molecule has 2 nitrogen and oxygen atoms in total. The molecule has 0 saturated heterocycles. The van der Waals surface area contributed by atoms with Crippen molar-refractivity contribution in [2.45, 2.75) is 64.8 Å². The van der Waals surface area contributed by atoms with Crippen LogP contribution in [-0.4, -0.2) is 29.1 Å². The fourth-order valence-corrected chi connectivity index (χ4v) is 2.72. The van der Waals surface area contributed by atoms with Crippen LogP contribution in [0.2, 0.25) is 0 Å². The maximum absolute atomic E-state index is 5.50. The summed E-state index contributed by atoms with van der Waals surface area (Å²) < 4.78 is 0. The van der Waals surface area contributed by atoms with Gasteiger partial charge in [-0.25, -0.2) is 0 Å². The molecule has 0 radical (unpaired) electrons. The Kier molecular flexibility index (Phi) is 6.78. The normalized spacial score (nSPS) is 17.1. The molecule has 0 unspecified atom stereocenters. The molecule has 1 fully saturated rings. The molecule has 1 aliphatic rings. The van der Waals surface area contributed by atoms with Crippen LogP contribution < -0.4 is 5.32 Å². The van der Waals surface area contributed by atoms with E-state index in [4.69, 9.17) is 12.2 Å². The van der Waals surface area contributed by atoms with Crippen LogP contribution in [0.3, 0.4) is 0 Å². The number of hydrogen-bond donors (Lipinski definition) is 1. The number of rotatable bonds is 5. The molecular formula is C13H26N2S. The molecule has 1 N–H and O–H groups in total. The van der Waals surface area contributed by atoms with Gasteiger partial charge < -0.3 is 10.2 Å². The summed E-state index contributed by atoms with van der Waals surface area (Å²) in [6.07, 6.45) is 9.07. The van der Waals surface area contributed by atoms with Crippen LogP contribution >= 0.6 is 12.2 Å². The van der Waals surface area contributed by atoms with E-state index >= 15 is 0 Å². The summed E-state index contributed by atoms with van der Waals surface area (Å²) in [5.41, 5.74) is 0. The van der Waals surface area contributed by atoms with Crippen molar-refractivity contribution < 1.29 is 0 Å². The van der Waals surface area contributed by atoms with Crippen LogP contribution in [-0.2, 0) is 0 Å². The van der Waals surface area contributed by atoms with Crippen LogP contribution in [0, 0.1) is 0 Å². The quantitative estimate of drug-likeness (QED) is 0.745. The van der Waals surface area contributed by atoms with Gasteiger partial charge >= 0.3 is 0 Å². The Morgan fingerprint density at radius 2 is 1.69 bits per heavy atom. The summed E-state index contributed by atoms with van der Waals surface area (Å²) in [5.74, 6) is 0. The number of nitrogens with zero attached hydrogens (tertiary/aromatic N) is 1. The van der Waals surface area contributed by atoms with Gasteiger partial charge in [0.2, 0.25) is 0 Å². The van der Waals surface area contributed by atoms with Gasteiger partial charge in [-0.3, -0.25) is 0 Å². The second kappa shape index (κ2) is 7.88. The molecule has 0 aliphatic heterocycles. The molecule has 16 heavy (non-hydrogen) atoms. The number of nitrogens with one attached hydrogen (secondary N) is 1. The van der Waals surface area contributed by atoms with Crippen LogP contribution in [0.1, 0.15) is 58.8 Å². The van der Waals surface area contributed by atoms with E-state index in [-0.39, 0.29) is 0 Å². The fourth-order valence-electron chi connectivity index (χ4n) is 2.37. The highest BCUT2D eigenvalue weighted by Gasteiger charge is 2.16. The Bertz CT molecular complexity index is 194. The second-order valence-electron chi connectivity index (χ2n) is 4.77. The second-order valence-corrected chi connectivity index (χ2v) is 5.16. The van der Waals surface area contributed by atoms with Gasteiger partial charge in [-0.15, -0.1) is 0 Å². The first-order valence-corrected chi connectivity index (χ1v) is 7.24. The van der Waals surface area contributed by atoms with E-state index in [0.29, 0.717) is 6.04 Å². The largest absolute Gasteiger partial charge is 0.360 e. The first kappa shape index (κ1) is 13.8. The summed E-state index contributed by atoms with van der Waals surface area (Å²) in [6.45, 7) is 6.61. The maximum atomic E-state index is 5.50. The topological polar surface area (TPSA) is 15.3 Å².